The quantitative estimate of drug-likeness (QED) is 0.782. The lowest BCUT2D eigenvalue weighted by molar-refractivity contribution is 0.702. The standard InChI is InChI=1S/C11H14ClN/c1-13-11-7-9(11)6-8-4-2-3-5-10(8)12/h2-5,9,11,13H,6-7H2,1H3. The zero-order valence-electron chi connectivity index (χ0n) is 7.76. The van der Waals surface area contributed by atoms with Crippen LogP contribution in [0.4, 0.5) is 0 Å². The molecule has 1 N–H and O–H groups in total. The summed E-state index contributed by atoms with van der Waals surface area (Å²) in [6.45, 7) is 0. The van der Waals surface area contributed by atoms with Crippen molar-refractivity contribution in [3.63, 3.8) is 0 Å². The summed E-state index contributed by atoms with van der Waals surface area (Å²) in [6, 6.07) is 8.84. The van der Waals surface area contributed by atoms with Crippen molar-refractivity contribution in [3.8, 4) is 0 Å². The highest BCUT2D eigenvalue weighted by atomic mass is 35.5. The van der Waals surface area contributed by atoms with E-state index in [0.717, 1.165) is 23.4 Å². The predicted molar refractivity (Wildman–Crippen MR) is 56.1 cm³/mol. The van der Waals surface area contributed by atoms with Crippen molar-refractivity contribution in [2.75, 3.05) is 7.05 Å². The molecule has 2 unspecified atom stereocenters. The molecule has 0 spiro atoms. The van der Waals surface area contributed by atoms with Gasteiger partial charge in [0.05, 0.1) is 0 Å². The van der Waals surface area contributed by atoms with E-state index in [9.17, 15) is 0 Å². The molecule has 1 aliphatic carbocycles. The molecule has 0 aliphatic heterocycles. The first-order chi connectivity index (χ1) is 6.31. The van der Waals surface area contributed by atoms with Crippen LogP contribution in [0.5, 0.6) is 0 Å². The Kier molecular flexibility index (Phi) is 2.56. The summed E-state index contributed by atoms with van der Waals surface area (Å²) in [5.74, 6) is 0.796. The molecule has 0 heterocycles. The van der Waals surface area contributed by atoms with Crippen molar-refractivity contribution >= 4 is 11.6 Å². The van der Waals surface area contributed by atoms with Crippen LogP contribution in [0.25, 0.3) is 0 Å². The van der Waals surface area contributed by atoms with Gasteiger partial charge in [0.15, 0.2) is 0 Å². The molecule has 70 valence electrons. The Bertz CT molecular complexity index is 298. The largest absolute Gasteiger partial charge is 0.317 e. The van der Waals surface area contributed by atoms with Crippen LogP contribution in [0, 0.1) is 5.92 Å². The molecular formula is C11H14ClN. The number of halogens is 1. The summed E-state index contributed by atoms with van der Waals surface area (Å²) in [4.78, 5) is 0. The molecule has 13 heavy (non-hydrogen) atoms. The van der Waals surface area contributed by atoms with Gasteiger partial charge >= 0.3 is 0 Å². The van der Waals surface area contributed by atoms with Gasteiger partial charge in [0, 0.05) is 11.1 Å². The van der Waals surface area contributed by atoms with Gasteiger partial charge in [-0.2, -0.15) is 0 Å². The third-order valence-corrected chi connectivity index (χ3v) is 3.10. The molecule has 0 radical (unpaired) electrons. The Morgan fingerprint density at radius 2 is 2.23 bits per heavy atom. The first-order valence-corrected chi connectivity index (χ1v) is 5.09. The van der Waals surface area contributed by atoms with Gasteiger partial charge in [-0.15, -0.1) is 0 Å². The van der Waals surface area contributed by atoms with Gasteiger partial charge in [0.2, 0.25) is 0 Å². The van der Waals surface area contributed by atoms with Crippen LogP contribution in [0.15, 0.2) is 24.3 Å². The van der Waals surface area contributed by atoms with E-state index in [4.69, 9.17) is 11.6 Å². The maximum absolute atomic E-state index is 6.07. The lowest BCUT2D eigenvalue weighted by Gasteiger charge is -2.02. The van der Waals surface area contributed by atoms with Gasteiger partial charge < -0.3 is 5.32 Å². The number of nitrogens with one attached hydrogen (secondary N) is 1. The van der Waals surface area contributed by atoms with Crippen molar-refractivity contribution in [2.45, 2.75) is 18.9 Å². The third kappa shape index (κ3) is 2.04. The minimum Gasteiger partial charge on any atom is -0.317 e. The molecule has 0 saturated heterocycles. The highest BCUT2D eigenvalue weighted by Crippen LogP contribution is 2.34. The average molecular weight is 196 g/mol. The third-order valence-electron chi connectivity index (χ3n) is 2.73. The molecule has 1 aromatic rings. The van der Waals surface area contributed by atoms with Crippen molar-refractivity contribution in [2.24, 2.45) is 5.92 Å². The van der Waals surface area contributed by atoms with E-state index in [-0.39, 0.29) is 0 Å². The smallest absolute Gasteiger partial charge is 0.0438 e. The summed E-state index contributed by atoms with van der Waals surface area (Å²) < 4.78 is 0. The second-order valence-corrected chi connectivity index (χ2v) is 4.09. The normalized spacial score (nSPS) is 26.0. The van der Waals surface area contributed by atoms with E-state index < -0.39 is 0 Å². The van der Waals surface area contributed by atoms with Crippen molar-refractivity contribution < 1.29 is 0 Å². The molecule has 1 saturated carbocycles. The molecule has 2 atom stereocenters. The van der Waals surface area contributed by atoms with Crippen molar-refractivity contribution in [3.05, 3.63) is 34.9 Å². The van der Waals surface area contributed by atoms with E-state index in [0.29, 0.717) is 0 Å². The number of hydrogen-bond donors (Lipinski definition) is 1. The van der Waals surface area contributed by atoms with Gasteiger partial charge in [-0.3, -0.25) is 0 Å². The van der Waals surface area contributed by atoms with Gasteiger partial charge in [-0.05, 0) is 37.4 Å². The summed E-state index contributed by atoms with van der Waals surface area (Å²) in [7, 11) is 2.03. The second kappa shape index (κ2) is 3.69. The molecule has 1 fully saturated rings. The lowest BCUT2D eigenvalue weighted by Crippen LogP contribution is -2.11. The summed E-state index contributed by atoms with van der Waals surface area (Å²) >= 11 is 6.07. The average Bonchev–Trinajstić information content (AvgIpc) is 2.88. The van der Waals surface area contributed by atoms with Crippen LogP contribution in [0.1, 0.15) is 12.0 Å². The zero-order chi connectivity index (χ0) is 9.26. The Balaban J connectivity index is 1.99. The maximum Gasteiger partial charge on any atom is 0.0438 e. The number of hydrogen-bond acceptors (Lipinski definition) is 1. The van der Waals surface area contributed by atoms with Gasteiger partial charge in [-0.25, -0.2) is 0 Å². The van der Waals surface area contributed by atoms with Gasteiger partial charge in [0.25, 0.3) is 0 Å². The second-order valence-electron chi connectivity index (χ2n) is 3.69. The Labute approximate surface area is 84.1 Å². The lowest BCUT2D eigenvalue weighted by atomic mass is 10.1. The topological polar surface area (TPSA) is 12.0 Å². The fraction of sp³-hybridized carbons (Fsp3) is 0.455. The van der Waals surface area contributed by atoms with E-state index in [1.54, 1.807) is 0 Å². The summed E-state index contributed by atoms with van der Waals surface area (Å²) in [5.41, 5.74) is 1.28. The highest BCUT2D eigenvalue weighted by Gasteiger charge is 2.35. The van der Waals surface area contributed by atoms with E-state index in [1.807, 2.05) is 19.2 Å². The Morgan fingerprint density at radius 3 is 2.85 bits per heavy atom. The molecule has 0 aromatic heterocycles. The van der Waals surface area contributed by atoms with Crippen LogP contribution in [-0.2, 0) is 6.42 Å². The Hall–Kier alpha value is -0.530. The zero-order valence-corrected chi connectivity index (χ0v) is 8.51. The minimum atomic E-state index is 0.719. The molecule has 0 amide bonds. The maximum atomic E-state index is 6.07. The number of benzene rings is 1. The van der Waals surface area contributed by atoms with E-state index in [2.05, 4.69) is 17.4 Å². The minimum absolute atomic E-state index is 0.719. The molecule has 0 bridgehead atoms. The Morgan fingerprint density at radius 1 is 1.46 bits per heavy atom. The molecule has 2 rings (SSSR count). The molecular weight excluding hydrogens is 182 g/mol. The monoisotopic (exact) mass is 195 g/mol. The fourth-order valence-electron chi connectivity index (χ4n) is 1.77. The van der Waals surface area contributed by atoms with Gasteiger partial charge in [-0.1, -0.05) is 29.8 Å². The molecule has 1 nitrogen and oxygen atoms in total. The molecule has 2 heteroatoms. The van der Waals surface area contributed by atoms with Crippen LogP contribution in [0.3, 0.4) is 0 Å². The molecule has 1 aromatic carbocycles. The first-order valence-electron chi connectivity index (χ1n) is 4.72. The van der Waals surface area contributed by atoms with Crippen LogP contribution < -0.4 is 5.32 Å². The highest BCUT2D eigenvalue weighted by molar-refractivity contribution is 6.31. The fourth-order valence-corrected chi connectivity index (χ4v) is 1.99. The van der Waals surface area contributed by atoms with E-state index >= 15 is 0 Å². The van der Waals surface area contributed by atoms with E-state index in [1.165, 1.54) is 12.0 Å². The number of rotatable bonds is 3. The molecule has 1 aliphatic rings. The van der Waals surface area contributed by atoms with Crippen LogP contribution in [-0.4, -0.2) is 13.1 Å². The van der Waals surface area contributed by atoms with Crippen molar-refractivity contribution in [1.82, 2.24) is 5.32 Å². The van der Waals surface area contributed by atoms with Crippen molar-refractivity contribution in [1.29, 1.82) is 0 Å². The van der Waals surface area contributed by atoms with Crippen LogP contribution >= 0.6 is 11.6 Å². The first kappa shape index (κ1) is 9.04. The SMILES string of the molecule is CNC1CC1Cc1ccccc1Cl. The predicted octanol–water partition coefficient (Wildman–Crippen LogP) is 2.49. The van der Waals surface area contributed by atoms with Gasteiger partial charge in [0.1, 0.15) is 0 Å². The van der Waals surface area contributed by atoms with Crippen LogP contribution in [0.2, 0.25) is 5.02 Å². The summed E-state index contributed by atoms with van der Waals surface area (Å²) in [6.07, 6.45) is 2.41. The summed E-state index contributed by atoms with van der Waals surface area (Å²) in [5, 5.41) is 4.19.